The molecule has 0 saturated carbocycles. The summed E-state index contributed by atoms with van der Waals surface area (Å²) in [7, 11) is 0. The third-order valence-electron chi connectivity index (χ3n) is 5.33. The number of nitrogens with one attached hydrogen (secondary N) is 1. The molecule has 0 spiro atoms. The second kappa shape index (κ2) is 8.77. The summed E-state index contributed by atoms with van der Waals surface area (Å²) in [6, 6.07) is 9.24. The van der Waals surface area contributed by atoms with E-state index < -0.39 is 11.8 Å². The van der Waals surface area contributed by atoms with Crippen molar-refractivity contribution >= 4 is 46.0 Å². The lowest BCUT2D eigenvalue weighted by Crippen LogP contribution is -2.41. The van der Waals surface area contributed by atoms with Gasteiger partial charge in [0, 0.05) is 17.1 Å². The molecule has 1 amide bonds. The lowest BCUT2D eigenvalue weighted by molar-refractivity contribution is -0.137. The molecule has 162 valence electrons. The number of fused-ring (bicyclic) bond motifs is 3. The average Bonchev–Trinajstić information content (AvgIpc) is 3.00. The summed E-state index contributed by atoms with van der Waals surface area (Å²) in [5.41, 5.74) is 2.12. The van der Waals surface area contributed by atoms with Crippen LogP contribution in [0.25, 0.3) is 10.9 Å². The molecule has 0 saturated heterocycles. The standard InChI is InChI=1S/C22H19Cl2FN2O4/c23-16-3-1-2-4-19(16)31-11-20(28)26-13-5-6-18-14(9-13)15-7-12(25)8-17(24)22(15)27(18)10-21(29)30/h1-4,7-8,13H,5-6,9-11H2,(H,26,28)(H,29,30)/t13-/m1/s1. The Labute approximate surface area is 187 Å². The molecule has 0 aliphatic heterocycles. The Morgan fingerprint density at radius 2 is 2.00 bits per heavy atom. The van der Waals surface area contributed by atoms with E-state index in [9.17, 15) is 19.1 Å². The summed E-state index contributed by atoms with van der Waals surface area (Å²) in [4.78, 5) is 23.8. The topological polar surface area (TPSA) is 80.6 Å². The highest BCUT2D eigenvalue weighted by molar-refractivity contribution is 6.35. The van der Waals surface area contributed by atoms with E-state index in [-0.39, 0.29) is 30.1 Å². The molecule has 1 aliphatic carbocycles. The fourth-order valence-electron chi connectivity index (χ4n) is 4.10. The quantitative estimate of drug-likeness (QED) is 0.571. The smallest absolute Gasteiger partial charge is 0.323 e. The monoisotopic (exact) mass is 464 g/mol. The number of hydrogen-bond acceptors (Lipinski definition) is 3. The summed E-state index contributed by atoms with van der Waals surface area (Å²) in [6.07, 6.45) is 1.59. The van der Waals surface area contributed by atoms with E-state index in [4.69, 9.17) is 27.9 Å². The van der Waals surface area contributed by atoms with Crippen molar-refractivity contribution < 1.29 is 23.8 Å². The lowest BCUT2D eigenvalue weighted by Gasteiger charge is -2.25. The number of para-hydroxylation sites is 1. The highest BCUT2D eigenvalue weighted by Crippen LogP contribution is 2.36. The predicted molar refractivity (Wildman–Crippen MR) is 115 cm³/mol. The van der Waals surface area contributed by atoms with Crippen molar-refractivity contribution in [2.24, 2.45) is 0 Å². The minimum absolute atomic E-state index is 0.166. The molecule has 31 heavy (non-hydrogen) atoms. The number of halogens is 3. The Bertz CT molecular complexity index is 1180. The fourth-order valence-corrected chi connectivity index (χ4v) is 4.60. The number of ether oxygens (including phenoxy) is 1. The first-order valence-electron chi connectivity index (χ1n) is 9.71. The zero-order valence-corrected chi connectivity index (χ0v) is 17.8. The highest BCUT2D eigenvalue weighted by atomic mass is 35.5. The predicted octanol–water partition coefficient (Wildman–Crippen LogP) is 4.22. The molecular formula is C22H19Cl2FN2O4. The molecule has 0 radical (unpaired) electrons. The molecular weight excluding hydrogens is 446 g/mol. The number of benzene rings is 2. The van der Waals surface area contributed by atoms with E-state index in [1.54, 1.807) is 28.8 Å². The van der Waals surface area contributed by atoms with Crippen molar-refractivity contribution in [3.8, 4) is 5.75 Å². The van der Waals surface area contributed by atoms with Gasteiger partial charge in [-0.25, -0.2) is 4.39 Å². The number of carboxylic acids is 1. The Balaban J connectivity index is 1.53. The van der Waals surface area contributed by atoms with Crippen LogP contribution in [0.15, 0.2) is 36.4 Å². The second-order valence-electron chi connectivity index (χ2n) is 7.42. The van der Waals surface area contributed by atoms with Crippen LogP contribution in [-0.4, -0.2) is 34.2 Å². The number of carbonyl (C=O) groups is 2. The minimum Gasteiger partial charge on any atom is -0.482 e. The zero-order valence-electron chi connectivity index (χ0n) is 16.3. The van der Waals surface area contributed by atoms with E-state index in [2.05, 4.69) is 5.32 Å². The van der Waals surface area contributed by atoms with Gasteiger partial charge in [-0.1, -0.05) is 35.3 Å². The van der Waals surface area contributed by atoms with E-state index in [0.29, 0.717) is 40.9 Å². The van der Waals surface area contributed by atoms with E-state index in [1.807, 2.05) is 0 Å². The number of hydrogen-bond donors (Lipinski definition) is 2. The molecule has 2 aromatic carbocycles. The van der Waals surface area contributed by atoms with Gasteiger partial charge in [0.15, 0.2) is 6.61 Å². The normalized spacial score (nSPS) is 15.5. The van der Waals surface area contributed by atoms with E-state index in [1.165, 1.54) is 12.1 Å². The first kappa shape index (κ1) is 21.5. The molecule has 3 aromatic rings. The van der Waals surface area contributed by atoms with Gasteiger partial charge in [0.2, 0.25) is 0 Å². The molecule has 2 N–H and O–H groups in total. The number of rotatable bonds is 6. The molecule has 1 aromatic heterocycles. The molecule has 0 unspecified atom stereocenters. The van der Waals surface area contributed by atoms with Crippen LogP contribution in [0.3, 0.4) is 0 Å². The van der Waals surface area contributed by atoms with Gasteiger partial charge in [0.05, 0.1) is 15.6 Å². The third-order valence-corrected chi connectivity index (χ3v) is 5.93. The second-order valence-corrected chi connectivity index (χ2v) is 8.23. The summed E-state index contributed by atoms with van der Waals surface area (Å²) in [5.74, 6) is -1.38. The van der Waals surface area contributed by atoms with Gasteiger partial charge in [-0.3, -0.25) is 9.59 Å². The summed E-state index contributed by atoms with van der Waals surface area (Å²) >= 11 is 12.3. The number of amides is 1. The zero-order chi connectivity index (χ0) is 22.1. The first-order chi connectivity index (χ1) is 14.8. The number of aromatic nitrogens is 1. The summed E-state index contributed by atoms with van der Waals surface area (Å²) in [6.45, 7) is -0.450. The van der Waals surface area contributed by atoms with Crippen LogP contribution in [0.2, 0.25) is 10.0 Å². The first-order valence-corrected chi connectivity index (χ1v) is 10.5. The highest BCUT2D eigenvalue weighted by Gasteiger charge is 2.28. The molecule has 1 atom stereocenters. The van der Waals surface area contributed by atoms with Gasteiger partial charge < -0.3 is 19.7 Å². The number of carboxylic acid groups (broad SMARTS) is 1. The van der Waals surface area contributed by atoms with Gasteiger partial charge in [0.25, 0.3) is 5.91 Å². The van der Waals surface area contributed by atoms with E-state index in [0.717, 1.165) is 11.3 Å². The minimum atomic E-state index is -1.01. The van der Waals surface area contributed by atoms with Crippen LogP contribution in [0.5, 0.6) is 5.75 Å². The third kappa shape index (κ3) is 4.48. The van der Waals surface area contributed by atoms with Crippen molar-refractivity contribution in [2.75, 3.05) is 6.61 Å². The molecule has 0 bridgehead atoms. The number of nitrogens with zero attached hydrogens (tertiary/aromatic N) is 1. The van der Waals surface area contributed by atoms with Crippen molar-refractivity contribution in [1.29, 1.82) is 0 Å². The van der Waals surface area contributed by atoms with E-state index >= 15 is 0 Å². The number of aliphatic carboxylic acids is 1. The van der Waals surface area contributed by atoms with Gasteiger partial charge >= 0.3 is 5.97 Å². The summed E-state index contributed by atoms with van der Waals surface area (Å²) in [5, 5.41) is 13.4. The Kier molecular flexibility index (Phi) is 6.07. The van der Waals surface area contributed by atoms with Gasteiger partial charge in [-0.2, -0.15) is 0 Å². The maximum atomic E-state index is 14.0. The fraction of sp³-hybridized carbons (Fsp3) is 0.273. The SMILES string of the molecule is O=C(O)Cn1c2c(c3cc(F)cc(Cl)c31)C[C@H](NC(=O)COc1ccccc1Cl)CC2. The Morgan fingerprint density at radius 1 is 1.23 bits per heavy atom. The molecule has 4 rings (SSSR count). The van der Waals surface area contributed by atoms with Crippen LogP contribution < -0.4 is 10.1 Å². The molecule has 6 nitrogen and oxygen atoms in total. The molecule has 1 heterocycles. The lowest BCUT2D eigenvalue weighted by atomic mass is 9.91. The Morgan fingerprint density at radius 3 is 2.74 bits per heavy atom. The maximum absolute atomic E-state index is 14.0. The Hall–Kier alpha value is -2.77. The average molecular weight is 465 g/mol. The van der Waals surface area contributed by atoms with Crippen LogP contribution >= 0.6 is 23.2 Å². The van der Waals surface area contributed by atoms with Crippen LogP contribution in [0, 0.1) is 5.82 Å². The van der Waals surface area contributed by atoms with Crippen LogP contribution in [-0.2, 0) is 29.0 Å². The largest absolute Gasteiger partial charge is 0.482 e. The van der Waals surface area contributed by atoms with Gasteiger partial charge in [0.1, 0.15) is 18.1 Å². The van der Waals surface area contributed by atoms with Crippen LogP contribution in [0.1, 0.15) is 17.7 Å². The van der Waals surface area contributed by atoms with Gasteiger partial charge in [-0.05, 0) is 49.1 Å². The van der Waals surface area contributed by atoms with Crippen molar-refractivity contribution in [2.45, 2.75) is 31.8 Å². The van der Waals surface area contributed by atoms with Gasteiger partial charge in [-0.15, -0.1) is 0 Å². The summed E-state index contributed by atoms with van der Waals surface area (Å²) < 4.78 is 21.1. The molecule has 1 aliphatic rings. The van der Waals surface area contributed by atoms with Crippen molar-refractivity contribution in [3.63, 3.8) is 0 Å². The molecule has 0 fully saturated rings. The van der Waals surface area contributed by atoms with Crippen molar-refractivity contribution in [1.82, 2.24) is 9.88 Å². The van der Waals surface area contributed by atoms with Crippen molar-refractivity contribution in [3.05, 3.63) is 63.5 Å². The number of carbonyl (C=O) groups excluding carboxylic acids is 1. The maximum Gasteiger partial charge on any atom is 0.323 e. The van der Waals surface area contributed by atoms with Crippen LogP contribution in [0.4, 0.5) is 4.39 Å². The molecule has 9 heteroatoms.